The zero-order valence-corrected chi connectivity index (χ0v) is 51.8. The van der Waals surface area contributed by atoms with E-state index in [4.69, 9.17) is 35.1 Å². The van der Waals surface area contributed by atoms with Crippen LogP contribution in [0, 0.1) is 23.7 Å². The molecule has 8 aromatic rings. The van der Waals surface area contributed by atoms with E-state index in [0.29, 0.717) is 40.8 Å². The molecule has 6 atom stereocenters. The number of rotatable bonds is 2. The minimum Gasteiger partial charge on any atom is -0.487 e. The predicted molar refractivity (Wildman–Crippen MR) is 342 cm³/mol. The van der Waals surface area contributed by atoms with Crippen LogP contribution >= 0.6 is 0 Å². The van der Waals surface area contributed by atoms with Crippen LogP contribution in [0.5, 0.6) is 11.5 Å². The van der Waals surface area contributed by atoms with Gasteiger partial charge in [-0.05, 0) is 127 Å². The number of ether oxygens (including phenoxy) is 2. The molecule has 7 aliphatic rings. The van der Waals surface area contributed by atoms with Gasteiger partial charge in [0.05, 0.1) is 44.1 Å². The maximum absolute atomic E-state index is 10.7. The lowest BCUT2D eigenvalue weighted by molar-refractivity contribution is -0.195. The van der Waals surface area contributed by atoms with Crippen LogP contribution in [0.15, 0.2) is 97.1 Å². The van der Waals surface area contributed by atoms with Gasteiger partial charge in [-0.15, -0.1) is 5.06 Å². The quantitative estimate of drug-likeness (QED) is 0.0948. The Balaban J connectivity index is 0.000000125. The van der Waals surface area contributed by atoms with Crippen LogP contribution in [0.3, 0.4) is 0 Å². The highest BCUT2D eigenvalue weighted by Crippen LogP contribution is 2.58. The van der Waals surface area contributed by atoms with Gasteiger partial charge in [0.25, 0.3) is 11.8 Å². The molecule has 4 saturated carbocycles. The van der Waals surface area contributed by atoms with Crippen LogP contribution in [-0.4, -0.2) is 72.0 Å². The summed E-state index contributed by atoms with van der Waals surface area (Å²) in [6.07, 6.45) is 20.6. The Morgan fingerprint density at radius 2 is 0.895 bits per heavy atom. The Morgan fingerprint density at radius 1 is 0.523 bits per heavy atom. The Kier molecular flexibility index (Phi) is 17.9. The van der Waals surface area contributed by atoms with E-state index in [-0.39, 0.29) is 30.0 Å². The van der Waals surface area contributed by atoms with Gasteiger partial charge in [0.15, 0.2) is 0 Å². The summed E-state index contributed by atoms with van der Waals surface area (Å²) >= 11 is 0. The molecular formula is C72H87N7O7. The number of fused-ring (bicyclic) bond motifs is 18. The molecule has 86 heavy (non-hydrogen) atoms. The van der Waals surface area contributed by atoms with Crippen LogP contribution < -0.4 is 20.5 Å². The van der Waals surface area contributed by atoms with Gasteiger partial charge in [-0.3, -0.25) is 14.4 Å². The third kappa shape index (κ3) is 12.7. The molecule has 14 nitrogen and oxygen atoms in total. The minimum absolute atomic E-state index is 0.118. The fourth-order valence-corrected chi connectivity index (χ4v) is 15.1. The van der Waals surface area contributed by atoms with Crippen molar-refractivity contribution in [3.63, 3.8) is 0 Å². The summed E-state index contributed by atoms with van der Waals surface area (Å²) in [5.41, 5.74) is 15.8. The molecular weight excluding hydrogens is 1070 g/mol. The van der Waals surface area contributed by atoms with Crippen molar-refractivity contribution in [2.24, 2.45) is 29.4 Å². The first-order chi connectivity index (χ1) is 41.3. The molecule has 452 valence electrons. The zero-order valence-electron chi connectivity index (χ0n) is 51.8. The van der Waals surface area contributed by atoms with E-state index in [9.17, 15) is 19.2 Å². The second-order valence-corrected chi connectivity index (χ2v) is 26.7. The summed E-state index contributed by atoms with van der Waals surface area (Å²) in [6.45, 7) is 16.6. The van der Waals surface area contributed by atoms with E-state index in [1.165, 1.54) is 125 Å². The normalized spacial score (nSPS) is 23.9. The van der Waals surface area contributed by atoms with Crippen molar-refractivity contribution in [2.75, 3.05) is 0 Å². The van der Waals surface area contributed by atoms with E-state index in [1.807, 2.05) is 24.3 Å². The van der Waals surface area contributed by atoms with Crippen molar-refractivity contribution in [1.82, 2.24) is 30.3 Å². The zero-order chi connectivity index (χ0) is 60.4. The average molecular weight is 1160 g/mol. The topological polar surface area (TPSA) is 189 Å². The number of carbonyl (C=O) groups is 4. The molecule has 3 amide bonds. The number of benzene rings is 6. The van der Waals surface area contributed by atoms with Gasteiger partial charge >= 0.3 is 5.97 Å². The molecule has 15 rings (SSSR count). The van der Waals surface area contributed by atoms with E-state index in [2.05, 4.69) is 124 Å². The lowest BCUT2D eigenvalue weighted by Gasteiger charge is -2.49. The van der Waals surface area contributed by atoms with Crippen LogP contribution in [-0.2, 0) is 24.0 Å². The van der Waals surface area contributed by atoms with Crippen molar-refractivity contribution in [3.05, 3.63) is 108 Å². The summed E-state index contributed by atoms with van der Waals surface area (Å²) in [5, 5.41) is 8.07. The molecule has 0 bridgehead atoms. The Labute approximate surface area is 506 Å². The molecule has 0 radical (unpaired) electrons. The largest absolute Gasteiger partial charge is 0.487 e. The third-order valence-corrected chi connectivity index (χ3v) is 19.4. The number of amides is 3. The van der Waals surface area contributed by atoms with Gasteiger partial charge in [0, 0.05) is 83.3 Å². The van der Waals surface area contributed by atoms with Crippen molar-refractivity contribution in [3.8, 4) is 11.5 Å². The SMILES string of the molecule is CC(=O)NC1CCCCC1.CC(=O)ON1C(=O)CCC1=O.C[C@H]1CC[C@H]2[C@H](C1)c1c(c3ccccc3c3nc4ccccc4nc13)OC2(C)C.C[C@H]1CC[C@H]2[C@H](C1)c1c(c3ccccc3c3nc4ccccc4nc13)OC2(C)C.NC1CCCCC1. The number of hydrogen-bond acceptors (Lipinski definition) is 12. The number of para-hydroxylation sites is 4. The van der Waals surface area contributed by atoms with Gasteiger partial charge in [-0.1, -0.05) is 138 Å². The number of hydroxylamine groups is 2. The van der Waals surface area contributed by atoms with E-state index >= 15 is 0 Å². The Bertz CT molecular complexity index is 3610. The summed E-state index contributed by atoms with van der Waals surface area (Å²) in [6, 6.07) is 34.5. The van der Waals surface area contributed by atoms with Crippen molar-refractivity contribution in [1.29, 1.82) is 0 Å². The highest BCUT2D eigenvalue weighted by Gasteiger charge is 2.49. The Hall–Kier alpha value is -7.32. The minimum atomic E-state index is -0.659. The number of nitrogens with two attached hydrogens (primary N) is 1. The van der Waals surface area contributed by atoms with Gasteiger partial charge in [-0.25, -0.2) is 24.7 Å². The fraction of sp³-hybridized carbons (Fsp3) is 0.500. The molecule has 4 aliphatic carbocycles. The predicted octanol–water partition coefficient (Wildman–Crippen LogP) is 15.6. The number of aromatic nitrogens is 4. The van der Waals surface area contributed by atoms with Gasteiger partial charge in [0.1, 0.15) is 22.7 Å². The molecule has 5 heterocycles. The maximum Gasteiger partial charge on any atom is 0.330 e. The summed E-state index contributed by atoms with van der Waals surface area (Å²) in [4.78, 5) is 67.3. The maximum atomic E-state index is 10.7. The second-order valence-electron chi connectivity index (χ2n) is 26.7. The average Bonchev–Trinajstić information content (AvgIpc) is 0.878. The van der Waals surface area contributed by atoms with Crippen LogP contribution in [0.25, 0.3) is 65.7 Å². The first-order valence-electron chi connectivity index (χ1n) is 32.0. The highest BCUT2D eigenvalue weighted by atomic mass is 16.7. The van der Waals surface area contributed by atoms with Crippen LogP contribution in [0.1, 0.15) is 194 Å². The fourth-order valence-electron chi connectivity index (χ4n) is 15.1. The highest BCUT2D eigenvalue weighted by molar-refractivity contribution is 6.12. The summed E-state index contributed by atoms with van der Waals surface area (Å²) in [7, 11) is 0. The number of imide groups is 1. The lowest BCUT2D eigenvalue weighted by atomic mass is 9.64. The van der Waals surface area contributed by atoms with Crippen LogP contribution in [0.2, 0.25) is 0 Å². The van der Waals surface area contributed by atoms with Gasteiger partial charge in [0.2, 0.25) is 5.91 Å². The number of carbonyl (C=O) groups excluding carboxylic acids is 4. The summed E-state index contributed by atoms with van der Waals surface area (Å²) < 4.78 is 13.6. The standard InChI is InChI=1S/2C26H26N2O.C8H15NO.C6H7NO4.C6H13N/c2*1-15-12-13-19-18(14-15)22-24-23(27-20-10-6-7-11-21(20)28-24)16-8-4-5-9-17(16)25(22)29-26(19,2)3;1-7(10)9-8-5-3-2-4-6-8;1-4(8)11-7-5(9)2-3-6(7)10;7-6-4-2-1-3-5-6/h2*4-11,15,18-19H,12-14H2,1-3H3;8H,2-6H2,1H3,(H,9,10);2-3H2,1H3;6H,1-5,7H2/t2*15-,18-,19-;;;/m00.../s1. The molecule has 1 saturated heterocycles. The van der Waals surface area contributed by atoms with E-state index in [0.717, 1.165) is 85.2 Å². The third-order valence-electron chi connectivity index (χ3n) is 19.4. The monoisotopic (exact) mass is 1160 g/mol. The van der Waals surface area contributed by atoms with Gasteiger partial charge < -0.3 is 25.4 Å². The number of hydrogen-bond donors (Lipinski definition) is 2. The first-order valence-corrected chi connectivity index (χ1v) is 32.0. The van der Waals surface area contributed by atoms with E-state index < -0.39 is 17.8 Å². The Morgan fingerprint density at radius 3 is 1.27 bits per heavy atom. The number of nitrogens with zero attached hydrogens (tertiary/aromatic N) is 5. The molecule has 14 heteroatoms. The van der Waals surface area contributed by atoms with Crippen molar-refractivity contribution >= 4 is 89.4 Å². The summed E-state index contributed by atoms with van der Waals surface area (Å²) in [5.74, 6) is 4.07. The molecule has 2 aromatic heterocycles. The second kappa shape index (κ2) is 25.6. The number of nitrogens with one attached hydrogen (secondary N) is 1. The molecule has 0 spiro atoms. The molecule has 0 unspecified atom stereocenters. The van der Waals surface area contributed by atoms with Crippen molar-refractivity contribution < 1.29 is 33.5 Å². The van der Waals surface area contributed by atoms with Crippen molar-refractivity contribution in [2.45, 2.75) is 206 Å². The smallest absolute Gasteiger partial charge is 0.330 e. The molecule has 5 fully saturated rings. The van der Waals surface area contributed by atoms with E-state index in [1.54, 1.807) is 6.92 Å². The molecule has 3 N–H and O–H groups in total. The lowest BCUT2D eigenvalue weighted by Crippen LogP contribution is -2.46. The van der Waals surface area contributed by atoms with Crippen LogP contribution in [0.4, 0.5) is 0 Å². The molecule has 6 aromatic carbocycles. The first kappa shape index (κ1) is 60.4. The molecule has 3 aliphatic heterocycles. The van der Waals surface area contributed by atoms with Gasteiger partial charge in [-0.2, -0.15) is 0 Å².